The molecule has 0 bridgehead atoms. The number of hydrogen-bond acceptors (Lipinski definition) is 4. The van der Waals surface area contributed by atoms with E-state index in [0.717, 1.165) is 18.4 Å². The van der Waals surface area contributed by atoms with Crippen molar-refractivity contribution in [3.63, 3.8) is 0 Å². The van der Waals surface area contributed by atoms with E-state index in [1.807, 2.05) is 13.0 Å². The van der Waals surface area contributed by atoms with Gasteiger partial charge >= 0.3 is 0 Å². The molecule has 0 amide bonds. The maximum atomic E-state index is 12.2. The summed E-state index contributed by atoms with van der Waals surface area (Å²) in [4.78, 5) is 12.2. The van der Waals surface area contributed by atoms with Gasteiger partial charge in [-0.25, -0.2) is 0 Å². The molecule has 0 heterocycles. The molecule has 0 fully saturated rings. The number of unbranched alkanes of at least 4 members (excludes halogenated alkanes) is 1. The van der Waals surface area contributed by atoms with Crippen LogP contribution in [0.1, 0.15) is 42.1 Å². The van der Waals surface area contributed by atoms with Gasteiger partial charge in [0.05, 0.1) is 12.6 Å². The first-order valence-electron chi connectivity index (χ1n) is 6.92. The number of Topliss-reactive ketones (excluding diaryl/α,β-unsaturated/α-hetero) is 1. The summed E-state index contributed by atoms with van der Waals surface area (Å²) in [7, 11) is 0. The van der Waals surface area contributed by atoms with E-state index in [1.54, 1.807) is 12.1 Å². The number of carbonyl (C=O) groups is 1. The van der Waals surface area contributed by atoms with Crippen LogP contribution in [-0.2, 0) is 4.74 Å². The average Bonchev–Trinajstić information content (AvgIpc) is 2.38. The Kier molecular flexibility index (Phi) is 6.25. The summed E-state index contributed by atoms with van der Waals surface area (Å²) in [6.07, 6.45) is 2.14. The highest BCUT2D eigenvalue weighted by molar-refractivity contribution is 6.01. The molecule has 0 aromatic heterocycles. The summed E-state index contributed by atoms with van der Waals surface area (Å²) >= 11 is 0. The molecule has 4 N–H and O–H groups in total. The fourth-order valence-corrected chi connectivity index (χ4v) is 1.81. The Hall–Kier alpha value is -1.81. The highest BCUT2D eigenvalue weighted by Gasteiger charge is 2.17. The highest BCUT2D eigenvalue weighted by Crippen LogP contribution is 2.17. The molecule has 0 aliphatic heterocycles. The van der Waals surface area contributed by atoms with Gasteiger partial charge < -0.3 is 16.2 Å². The van der Waals surface area contributed by atoms with Crippen LogP contribution in [0.25, 0.3) is 0 Å². The second-order valence-corrected chi connectivity index (χ2v) is 4.99. The second kappa shape index (κ2) is 7.70. The molecule has 0 aliphatic rings. The number of nitrogen functional groups attached to an aromatic ring is 1. The van der Waals surface area contributed by atoms with Crippen molar-refractivity contribution in [3.8, 4) is 0 Å². The topological polar surface area (TPSA) is 78.3 Å². The van der Waals surface area contributed by atoms with Gasteiger partial charge in [0.1, 0.15) is 5.76 Å². The van der Waals surface area contributed by atoms with Gasteiger partial charge in [-0.1, -0.05) is 26.0 Å². The monoisotopic (exact) mass is 276 g/mol. The minimum absolute atomic E-state index is 0.0877. The number of hydrogen-bond donors (Lipinski definition) is 2. The molecule has 4 nitrogen and oxygen atoms in total. The molecule has 1 rings (SSSR count). The number of anilines is 1. The lowest BCUT2D eigenvalue weighted by atomic mass is 10.0. The summed E-state index contributed by atoms with van der Waals surface area (Å²) < 4.78 is 5.43. The summed E-state index contributed by atoms with van der Waals surface area (Å²) in [5, 5.41) is 0. The van der Waals surface area contributed by atoms with Crippen molar-refractivity contribution >= 4 is 11.5 Å². The molecule has 110 valence electrons. The van der Waals surface area contributed by atoms with Crippen molar-refractivity contribution in [3.05, 3.63) is 41.7 Å². The van der Waals surface area contributed by atoms with Crippen molar-refractivity contribution in [2.24, 2.45) is 5.73 Å². The Balaban J connectivity index is 2.58. The van der Waals surface area contributed by atoms with Crippen molar-refractivity contribution < 1.29 is 9.53 Å². The standard InChI is InChI=1S/C16H24N2O2/c1-4-5-8-20-12(3)14(17)10-16(19)13-7-6-11(2)9-15(13)18/h6-7,9,14H,3-5,8,10,17-18H2,1-2H3. The lowest BCUT2D eigenvalue weighted by molar-refractivity contribution is 0.0964. The number of rotatable bonds is 8. The molecule has 1 atom stereocenters. The van der Waals surface area contributed by atoms with Gasteiger partial charge in [-0.05, 0) is 31.0 Å². The number of benzene rings is 1. The smallest absolute Gasteiger partial charge is 0.166 e. The van der Waals surface area contributed by atoms with Crippen LogP contribution in [0.3, 0.4) is 0 Å². The maximum absolute atomic E-state index is 12.2. The number of ketones is 1. The normalized spacial score (nSPS) is 11.9. The molecule has 0 saturated heterocycles. The maximum Gasteiger partial charge on any atom is 0.166 e. The molecule has 20 heavy (non-hydrogen) atoms. The highest BCUT2D eigenvalue weighted by atomic mass is 16.5. The van der Waals surface area contributed by atoms with Crippen LogP contribution in [0.15, 0.2) is 30.5 Å². The molecule has 0 aliphatic carbocycles. The molecular weight excluding hydrogens is 252 g/mol. The van der Waals surface area contributed by atoms with Crippen molar-refractivity contribution in [1.82, 2.24) is 0 Å². The Labute approximate surface area is 120 Å². The van der Waals surface area contributed by atoms with Crippen LogP contribution >= 0.6 is 0 Å². The SMILES string of the molecule is C=C(OCCCC)C(N)CC(=O)c1ccc(C)cc1N. The summed E-state index contributed by atoms with van der Waals surface area (Å²) in [5.41, 5.74) is 13.8. The first kappa shape index (κ1) is 16.2. The lowest BCUT2D eigenvalue weighted by Gasteiger charge is -2.16. The summed E-state index contributed by atoms with van der Waals surface area (Å²) in [6, 6.07) is 4.88. The van der Waals surface area contributed by atoms with Gasteiger partial charge in [0.15, 0.2) is 5.78 Å². The average molecular weight is 276 g/mol. The van der Waals surface area contributed by atoms with E-state index in [4.69, 9.17) is 16.2 Å². The van der Waals surface area contributed by atoms with E-state index >= 15 is 0 Å². The van der Waals surface area contributed by atoms with Crippen molar-refractivity contribution in [2.45, 2.75) is 39.2 Å². The van der Waals surface area contributed by atoms with E-state index < -0.39 is 6.04 Å². The largest absolute Gasteiger partial charge is 0.497 e. The zero-order valence-electron chi connectivity index (χ0n) is 12.3. The van der Waals surface area contributed by atoms with Gasteiger partial charge in [-0.3, -0.25) is 4.79 Å². The Morgan fingerprint density at radius 3 is 2.75 bits per heavy atom. The van der Waals surface area contributed by atoms with E-state index in [-0.39, 0.29) is 12.2 Å². The van der Waals surface area contributed by atoms with Crippen LogP contribution in [0.4, 0.5) is 5.69 Å². The van der Waals surface area contributed by atoms with E-state index in [2.05, 4.69) is 13.5 Å². The number of ether oxygens (including phenoxy) is 1. The van der Waals surface area contributed by atoms with Crippen molar-refractivity contribution in [1.29, 1.82) is 0 Å². The minimum Gasteiger partial charge on any atom is -0.497 e. The quantitative estimate of drug-likeness (QED) is 0.331. The first-order chi connectivity index (χ1) is 9.45. The van der Waals surface area contributed by atoms with Crippen LogP contribution < -0.4 is 11.5 Å². The van der Waals surface area contributed by atoms with E-state index in [0.29, 0.717) is 23.6 Å². The van der Waals surface area contributed by atoms with Gasteiger partial charge in [0.25, 0.3) is 0 Å². The van der Waals surface area contributed by atoms with Crippen LogP contribution in [-0.4, -0.2) is 18.4 Å². The zero-order valence-corrected chi connectivity index (χ0v) is 12.3. The zero-order chi connectivity index (χ0) is 15.1. The molecule has 0 spiro atoms. The van der Waals surface area contributed by atoms with E-state index in [9.17, 15) is 4.79 Å². The molecule has 1 aromatic carbocycles. The fraction of sp³-hybridized carbons (Fsp3) is 0.438. The van der Waals surface area contributed by atoms with Crippen LogP contribution in [0.5, 0.6) is 0 Å². The van der Waals surface area contributed by atoms with Gasteiger partial charge in [-0.2, -0.15) is 0 Å². The number of nitrogens with two attached hydrogens (primary N) is 2. The lowest BCUT2D eigenvalue weighted by Crippen LogP contribution is -2.27. The molecule has 0 saturated carbocycles. The molecule has 1 aromatic rings. The molecule has 0 radical (unpaired) electrons. The third-order valence-corrected chi connectivity index (χ3v) is 3.11. The predicted octanol–water partition coefficient (Wildman–Crippen LogP) is 2.81. The molecule has 1 unspecified atom stereocenters. The van der Waals surface area contributed by atoms with E-state index in [1.165, 1.54) is 0 Å². The summed E-state index contributed by atoms with van der Waals surface area (Å²) in [5.74, 6) is 0.368. The molecular formula is C16H24N2O2. The third-order valence-electron chi connectivity index (χ3n) is 3.11. The minimum atomic E-state index is -0.500. The van der Waals surface area contributed by atoms with Gasteiger partial charge in [0, 0.05) is 17.7 Å². The number of aryl methyl sites for hydroxylation is 1. The predicted molar refractivity (Wildman–Crippen MR) is 82.5 cm³/mol. The third kappa shape index (κ3) is 4.70. The summed E-state index contributed by atoms with van der Waals surface area (Å²) in [6.45, 7) is 8.38. The van der Waals surface area contributed by atoms with Crippen molar-refractivity contribution in [2.75, 3.05) is 12.3 Å². The van der Waals surface area contributed by atoms with Gasteiger partial charge in [-0.15, -0.1) is 0 Å². The Morgan fingerprint density at radius 2 is 2.15 bits per heavy atom. The Bertz CT molecular complexity index is 483. The first-order valence-corrected chi connectivity index (χ1v) is 6.92. The van der Waals surface area contributed by atoms with Gasteiger partial charge in [0.2, 0.25) is 0 Å². The fourth-order valence-electron chi connectivity index (χ4n) is 1.81. The van der Waals surface area contributed by atoms with Crippen LogP contribution in [0, 0.1) is 6.92 Å². The Morgan fingerprint density at radius 1 is 1.45 bits per heavy atom. The molecule has 4 heteroatoms. The van der Waals surface area contributed by atoms with Crippen LogP contribution in [0.2, 0.25) is 0 Å². The second-order valence-electron chi connectivity index (χ2n) is 4.99. The number of carbonyl (C=O) groups excluding carboxylic acids is 1.